The van der Waals surface area contributed by atoms with Crippen molar-refractivity contribution in [2.45, 2.75) is 13.8 Å². The lowest BCUT2D eigenvalue weighted by atomic mass is 9.99. The smallest absolute Gasteiger partial charge is 0.0591 e. The molecule has 2 nitrogen and oxygen atoms in total. The molecule has 1 saturated heterocycles. The van der Waals surface area contributed by atoms with E-state index in [1.807, 2.05) is 0 Å². The predicted octanol–water partition coefficient (Wildman–Crippen LogP) is 3.58. The van der Waals surface area contributed by atoms with E-state index in [4.69, 9.17) is 4.74 Å². The Balaban J connectivity index is 0.000000205. The summed E-state index contributed by atoms with van der Waals surface area (Å²) in [5.74, 6) is 0. The van der Waals surface area contributed by atoms with E-state index in [9.17, 15) is 0 Å². The second-order valence-electron chi connectivity index (χ2n) is 5.05. The van der Waals surface area contributed by atoms with Crippen molar-refractivity contribution in [3.05, 3.63) is 59.7 Å². The first-order valence-electron chi connectivity index (χ1n) is 7.18. The summed E-state index contributed by atoms with van der Waals surface area (Å²) in [4.78, 5) is 0. The van der Waals surface area contributed by atoms with E-state index in [0.717, 1.165) is 26.3 Å². The molecule has 0 aliphatic carbocycles. The molecule has 1 aliphatic rings. The Labute approximate surface area is 121 Å². The zero-order chi connectivity index (χ0) is 14.2. The van der Waals surface area contributed by atoms with Gasteiger partial charge in [-0.05, 0) is 30.5 Å². The summed E-state index contributed by atoms with van der Waals surface area (Å²) in [6, 6.07) is 17.1. The SMILES string of the molecule is C1COCCN1.Cc1ccc(C)c(-c2ccccc2)c1. The number of morpholine rings is 1. The maximum absolute atomic E-state index is 5.01. The largest absolute Gasteiger partial charge is 0.379 e. The summed E-state index contributed by atoms with van der Waals surface area (Å²) in [5, 5.41) is 3.16. The highest BCUT2D eigenvalue weighted by molar-refractivity contribution is 5.67. The van der Waals surface area contributed by atoms with Crippen molar-refractivity contribution in [3.63, 3.8) is 0 Å². The lowest BCUT2D eigenvalue weighted by molar-refractivity contribution is 0.109. The van der Waals surface area contributed by atoms with E-state index in [0.29, 0.717) is 0 Å². The summed E-state index contributed by atoms with van der Waals surface area (Å²) < 4.78 is 5.01. The molecule has 2 aromatic rings. The first kappa shape index (κ1) is 14.8. The number of hydrogen-bond donors (Lipinski definition) is 1. The third-order valence-electron chi connectivity index (χ3n) is 3.32. The molecule has 0 saturated carbocycles. The fraction of sp³-hybridized carbons (Fsp3) is 0.333. The third-order valence-corrected chi connectivity index (χ3v) is 3.32. The molecular formula is C18H23NO. The molecule has 0 spiro atoms. The minimum absolute atomic E-state index is 0.889. The number of aryl methyl sites for hydroxylation is 2. The van der Waals surface area contributed by atoms with Gasteiger partial charge in [0.15, 0.2) is 0 Å². The first-order valence-corrected chi connectivity index (χ1v) is 7.18. The maximum atomic E-state index is 5.01. The first-order chi connectivity index (χ1) is 9.77. The summed E-state index contributed by atoms with van der Waals surface area (Å²) in [6.07, 6.45) is 0. The molecule has 0 atom stereocenters. The van der Waals surface area contributed by atoms with Crippen LogP contribution in [0.1, 0.15) is 11.1 Å². The molecule has 0 aromatic heterocycles. The van der Waals surface area contributed by atoms with Gasteiger partial charge in [0.25, 0.3) is 0 Å². The van der Waals surface area contributed by atoms with E-state index in [1.165, 1.54) is 22.3 Å². The van der Waals surface area contributed by atoms with E-state index in [-0.39, 0.29) is 0 Å². The average molecular weight is 269 g/mol. The van der Waals surface area contributed by atoms with Crippen LogP contribution in [0.15, 0.2) is 48.5 Å². The topological polar surface area (TPSA) is 21.3 Å². The minimum atomic E-state index is 0.889. The molecule has 0 unspecified atom stereocenters. The zero-order valence-electron chi connectivity index (χ0n) is 12.4. The van der Waals surface area contributed by atoms with Crippen LogP contribution in [0, 0.1) is 13.8 Å². The van der Waals surface area contributed by atoms with E-state index >= 15 is 0 Å². The summed E-state index contributed by atoms with van der Waals surface area (Å²) in [6.45, 7) is 8.12. The van der Waals surface area contributed by atoms with Crippen LogP contribution >= 0.6 is 0 Å². The molecule has 0 radical (unpaired) electrons. The van der Waals surface area contributed by atoms with Crippen molar-refractivity contribution in [1.82, 2.24) is 5.32 Å². The highest BCUT2D eigenvalue weighted by Gasteiger charge is 2.00. The van der Waals surface area contributed by atoms with Gasteiger partial charge in [0.05, 0.1) is 13.2 Å². The van der Waals surface area contributed by atoms with Crippen LogP contribution in [-0.2, 0) is 4.74 Å². The molecule has 106 valence electrons. The summed E-state index contributed by atoms with van der Waals surface area (Å²) in [7, 11) is 0. The van der Waals surface area contributed by atoms with E-state index in [2.05, 4.69) is 67.7 Å². The number of hydrogen-bond acceptors (Lipinski definition) is 2. The number of rotatable bonds is 1. The van der Waals surface area contributed by atoms with Crippen molar-refractivity contribution in [2.24, 2.45) is 0 Å². The normalized spacial score (nSPS) is 14.3. The van der Waals surface area contributed by atoms with Crippen LogP contribution in [0.4, 0.5) is 0 Å². The number of benzene rings is 2. The zero-order valence-corrected chi connectivity index (χ0v) is 12.4. The Morgan fingerprint density at radius 3 is 2.15 bits per heavy atom. The molecular weight excluding hydrogens is 246 g/mol. The van der Waals surface area contributed by atoms with Gasteiger partial charge in [-0.1, -0.05) is 54.1 Å². The molecule has 20 heavy (non-hydrogen) atoms. The van der Waals surface area contributed by atoms with Gasteiger partial charge >= 0.3 is 0 Å². The molecule has 0 amide bonds. The van der Waals surface area contributed by atoms with Gasteiger partial charge in [-0.3, -0.25) is 0 Å². The monoisotopic (exact) mass is 269 g/mol. The average Bonchev–Trinajstić information content (AvgIpc) is 2.53. The Bertz CT molecular complexity index is 507. The van der Waals surface area contributed by atoms with Crippen molar-refractivity contribution in [2.75, 3.05) is 26.3 Å². The Hall–Kier alpha value is -1.64. The van der Waals surface area contributed by atoms with Crippen molar-refractivity contribution in [3.8, 4) is 11.1 Å². The molecule has 1 N–H and O–H groups in total. The lowest BCUT2D eigenvalue weighted by Crippen LogP contribution is -2.30. The van der Waals surface area contributed by atoms with Crippen molar-refractivity contribution < 1.29 is 4.74 Å². The third kappa shape index (κ3) is 4.48. The molecule has 2 aromatic carbocycles. The summed E-state index contributed by atoms with van der Waals surface area (Å²) >= 11 is 0. The Kier molecular flexibility index (Phi) is 5.78. The molecule has 1 fully saturated rings. The highest BCUT2D eigenvalue weighted by atomic mass is 16.5. The van der Waals surface area contributed by atoms with E-state index < -0.39 is 0 Å². The fourth-order valence-corrected chi connectivity index (χ4v) is 2.18. The van der Waals surface area contributed by atoms with Crippen molar-refractivity contribution in [1.29, 1.82) is 0 Å². The van der Waals surface area contributed by atoms with Crippen LogP contribution in [0.5, 0.6) is 0 Å². The van der Waals surface area contributed by atoms with Gasteiger partial charge in [0, 0.05) is 13.1 Å². The van der Waals surface area contributed by atoms with Crippen LogP contribution in [0.2, 0.25) is 0 Å². The maximum Gasteiger partial charge on any atom is 0.0591 e. The number of ether oxygens (including phenoxy) is 1. The van der Waals surface area contributed by atoms with Gasteiger partial charge in [-0.15, -0.1) is 0 Å². The Morgan fingerprint density at radius 1 is 0.900 bits per heavy atom. The molecule has 3 rings (SSSR count). The standard InChI is InChI=1S/C14H14.C4H9NO/c1-11-8-9-12(2)14(10-11)13-6-4-3-5-7-13;1-3-6-4-2-5-1/h3-10H,1-2H3;5H,1-4H2. The second-order valence-corrected chi connectivity index (χ2v) is 5.05. The summed E-state index contributed by atoms with van der Waals surface area (Å²) in [5.41, 5.74) is 5.29. The molecule has 2 heteroatoms. The van der Waals surface area contributed by atoms with Crippen LogP contribution in [0.3, 0.4) is 0 Å². The van der Waals surface area contributed by atoms with Crippen LogP contribution in [-0.4, -0.2) is 26.3 Å². The number of nitrogens with one attached hydrogen (secondary N) is 1. The predicted molar refractivity (Wildman–Crippen MR) is 85.0 cm³/mol. The van der Waals surface area contributed by atoms with Crippen LogP contribution in [0.25, 0.3) is 11.1 Å². The molecule has 1 aliphatic heterocycles. The quantitative estimate of drug-likeness (QED) is 0.854. The van der Waals surface area contributed by atoms with E-state index in [1.54, 1.807) is 0 Å². The molecule has 0 bridgehead atoms. The van der Waals surface area contributed by atoms with Gasteiger partial charge < -0.3 is 10.1 Å². The Morgan fingerprint density at radius 2 is 1.60 bits per heavy atom. The van der Waals surface area contributed by atoms with Gasteiger partial charge in [-0.25, -0.2) is 0 Å². The van der Waals surface area contributed by atoms with Gasteiger partial charge in [-0.2, -0.15) is 0 Å². The fourth-order valence-electron chi connectivity index (χ4n) is 2.18. The van der Waals surface area contributed by atoms with Gasteiger partial charge in [0.2, 0.25) is 0 Å². The minimum Gasteiger partial charge on any atom is -0.379 e. The second kappa shape index (κ2) is 7.83. The lowest BCUT2D eigenvalue weighted by Gasteiger charge is -2.10. The van der Waals surface area contributed by atoms with Crippen molar-refractivity contribution >= 4 is 0 Å². The highest BCUT2D eigenvalue weighted by Crippen LogP contribution is 2.23. The van der Waals surface area contributed by atoms with Gasteiger partial charge in [0.1, 0.15) is 0 Å². The molecule has 1 heterocycles. The van der Waals surface area contributed by atoms with Crippen LogP contribution < -0.4 is 5.32 Å².